The zero-order chi connectivity index (χ0) is 25.3. The Morgan fingerprint density at radius 2 is 1.26 bits per heavy atom. The monoisotopic (exact) mass is 494 g/mol. The lowest BCUT2D eigenvalue weighted by atomic mass is 9.98. The fourth-order valence-corrected chi connectivity index (χ4v) is 3.44. The molecule has 2 saturated heterocycles. The maximum atomic E-state index is 12.3. The molecule has 2 aliphatic heterocycles. The second-order valence-corrected chi connectivity index (χ2v) is 7.81. The molecule has 0 spiro atoms. The van der Waals surface area contributed by atoms with Crippen molar-refractivity contribution >= 4 is 5.97 Å². The van der Waals surface area contributed by atoms with E-state index in [1.165, 1.54) is 0 Å². The number of hydrogen-bond donors (Lipinski definition) is 10. The Labute approximate surface area is 191 Å². The number of benzene rings is 1. The van der Waals surface area contributed by atoms with E-state index < -0.39 is 103 Å². The molecule has 10 atom stereocenters. The molecule has 0 bridgehead atoms. The zero-order valence-electron chi connectivity index (χ0n) is 17.4. The lowest BCUT2D eigenvalue weighted by Gasteiger charge is -2.42. The molecular formula is C19H26O15. The molecule has 3 rings (SSSR count). The van der Waals surface area contributed by atoms with Crippen LogP contribution in [0.3, 0.4) is 0 Å². The Morgan fingerprint density at radius 3 is 1.82 bits per heavy atom. The molecule has 0 aromatic heterocycles. The molecule has 192 valence electrons. The van der Waals surface area contributed by atoms with Crippen LogP contribution in [0.25, 0.3) is 0 Å². The first-order valence-electron chi connectivity index (χ1n) is 10.0. The summed E-state index contributed by atoms with van der Waals surface area (Å²) in [7, 11) is 0. The number of esters is 1. The van der Waals surface area contributed by atoms with Gasteiger partial charge in [0.25, 0.3) is 0 Å². The van der Waals surface area contributed by atoms with Gasteiger partial charge in [0.05, 0.1) is 18.8 Å². The number of phenols is 3. The van der Waals surface area contributed by atoms with Gasteiger partial charge in [0.1, 0.15) is 48.8 Å². The third-order valence-corrected chi connectivity index (χ3v) is 5.47. The molecule has 0 amide bonds. The standard InChI is InChI=1S/C19H26O15/c20-3-8-11(24)13(26)15(28)18(32-8)31-4-9-12(25)14(27)16(29)19(33-9)34-17(30)5-1-6(21)10(23)7(22)2-5/h1-2,8-9,11-16,18-29H,3-4H2. The number of carbonyl (C=O) groups excluding carboxylic acids is 1. The molecule has 0 radical (unpaired) electrons. The van der Waals surface area contributed by atoms with Crippen LogP contribution < -0.4 is 0 Å². The van der Waals surface area contributed by atoms with E-state index in [1.807, 2.05) is 0 Å². The predicted octanol–water partition coefficient (Wildman–Crippen LogP) is -4.42. The van der Waals surface area contributed by atoms with Gasteiger partial charge < -0.3 is 70.0 Å². The highest BCUT2D eigenvalue weighted by atomic mass is 16.7. The first kappa shape index (κ1) is 26.3. The van der Waals surface area contributed by atoms with Gasteiger partial charge in [-0.15, -0.1) is 0 Å². The van der Waals surface area contributed by atoms with E-state index in [0.29, 0.717) is 0 Å². The third kappa shape index (κ3) is 5.18. The smallest absolute Gasteiger partial charge is 0.340 e. The van der Waals surface area contributed by atoms with Crippen LogP contribution >= 0.6 is 0 Å². The normalized spacial score (nSPS) is 38.4. The summed E-state index contributed by atoms with van der Waals surface area (Å²) < 4.78 is 20.6. The van der Waals surface area contributed by atoms with Crippen molar-refractivity contribution in [3.8, 4) is 17.2 Å². The molecule has 1 aromatic carbocycles. The molecule has 10 unspecified atom stereocenters. The van der Waals surface area contributed by atoms with Crippen LogP contribution in [0.15, 0.2) is 12.1 Å². The minimum absolute atomic E-state index is 0.446. The molecule has 10 N–H and O–H groups in total. The van der Waals surface area contributed by atoms with Crippen LogP contribution in [0.5, 0.6) is 17.2 Å². The molecule has 2 fully saturated rings. The van der Waals surface area contributed by atoms with E-state index >= 15 is 0 Å². The second-order valence-electron chi connectivity index (χ2n) is 7.81. The number of phenolic OH excluding ortho intramolecular Hbond substituents is 3. The van der Waals surface area contributed by atoms with Gasteiger partial charge in [0.2, 0.25) is 6.29 Å². The summed E-state index contributed by atoms with van der Waals surface area (Å²) in [6, 6.07) is 1.52. The largest absolute Gasteiger partial charge is 0.504 e. The highest BCUT2D eigenvalue weighted by Crippen LogP contribution is 2.36. The number of aliphatic hydroxyl groups is 7. The van der Waals surface area contributed by atoms with E-state index in [4.69, 9.17) is 18.9 Å². The van der Waals surface area contributed by atoms with Crippen molar-refractivity contribution in [1.82, 2.24) is 0 Å². The maximum Gasteiger partial charge on any atom is 0.340 e. The summed E-state index contributed by atoms with van der Waals surface area (Å²) in [6.45, 7) is -1.35. The Bertz CT molecular complexity index is 839. The van der Waals surface area contributed by atoms with Crippen molar-refractivity contribution in [2.75, 3.05) is 13.2 Å². The summed E-state index contributed by atoms with van der Waals surface area (Å²) >= 11 is 0. The molecule has 0 aliphatic carbocycles. The first-order chi connectivity index (χ1) is 16.0. The minimum atomic E-state index is -1.93. The first-order valence-corrected chi connectivity index (χ1v) is 10.0. The van der Waals surface area contributed by atoms with E-state index in [1.54, 1.807) is 0 Å². The lowest BCUT2D eigenvalue weighted by molar-refractivity contribution is -0.325. The average molecular weight is 494 g/mol. The van der Waals surface area contributed by atoms with Crippen molar-refractivity contribution in [2.45, 2.75) is 61.4 Å². The Morgan fingerprint density at radius 1 is 0.765 bits per heavy atom. The van der Waals surface area contributed by atoms with E-state index in [9.17, 15) is 55.9 Å². The average Bonchev–Trinajstić information content (AvgIpc) is 2.81. The van der Waals surface area contributed by atoms with Gasteiger partial charge >= 0.3 is 5.97 Å². The molecule has 1 aromatic rings. The summed E-state index contributed by atoms with van der Waals surface area (Å²) in [5.74, 6) is -3.79. The molecule has 34 heavy (non-hydrogen) atoms. The molecule has 15 nitrogen and oxygen atoms in total. The summed E-state index contributed by atoms with van der Waals surface area (Å²) in [4.78, 5) is 12.3. The van der Waals surface area contributed by atoms with Crippen molar-refractivity contribution in [1.29, 1.82) is 0 Å². The highest BCUT2D eigenvalue weighted by molar-refractivity contribution is 5.91. The summed E-state index contributed by atoms with van der Waals surface area (Å²) in [5, 5.41) is 97.6. The van der Waals surface area contributed by atoms with E-state index in [2.05, 4.69) is 0 Å². The number of aromatic hydroxyl groups is 3. The number of ether oxygens (including phenoxy) is 4. The molecule has 0 saturated carbocycles. The van der Waals surface area contributed by atoms with Crippen LogP contribution in [-0.4, -0.2) is 132 Å². The van der Waals surface area contributed by atoms with Gasteiger partial charge in [-0.3, -0.25) is 0 Å². The Kier molecular flexibility index (Phi) is 8.14. The fourth-order valence-electron chi connectivity index (χ4n) is 3.44. The number of rotatable bonds is 6. The highest BCUT2D eigenvalue weighted by Gasteiger charge is 2.48. The van der Waals surface area contributed by atoms with Crippen molar-refractivity contribution in [3.63, 3.8) is 0 Å². The number of carbonyl (C=O) groups is 1. The van der Waals surface area contributed by atoms with Crippen molar-refractivity contribution in [3.05, 3.63) is 17.7 Å². The van der Waals surface area contributed by atoms with E-state index in [-0.39, 0.29) is 0 Å². The van der Waals surface area contributed by atoms with Gasteiger partial charge in [0, 0.05) is 0 Å². The SMILES string of the molecule is O=C(OC1OC(COC2OC(CO)C(O)C(O)C2O)C(O)C(O)C1O)c1cc(O)c(O)c(O)c1. The maximum absolute atomic E-state index is 12.3. The van der Waals surface area contributed by atoms with Gasteiger partial charge in [-0.25, -0.2) is 4.79 Å². The van der Waals surface area contributed by atoms with Crippen LogP contribution in [0.1, 0.15) is 10.4 Å². The third-order valence-electron chi connectivity index (χ3n) is 5.47. The van der Waals surface area contributed by atoms with Crippen LogP contribution in [0, 0.1) is 0 Å². The molecule has 2 aliphatic rings. The fraction of sp³-hybridized carbons (Fsp3) is 0.632. The van der Waals surface area contributed by atoms with Gasteiger partial charge in [-0.1, -0.05) is 0 Å². The molecule has 15 heteroatoms. The van der Waals surface area contributed by atoms with E-state index in [0.717, 1.165) is 12.1 Å². The van der Waals surface area contributed by atoms with Gasteiger partial charge in [-0.2, -0.15) is 0 Å². The van der Waals surface area contributed by atoms with Gasteiger partial charge in [-0.05, 0) is 12.1 Å². The zero-order valence-corrected chi connectivity index (χ0v) is 17.4. The molecule has 2 heterocycles. The summed E-state index contributed by atoms with van der Waals surface area (Å²) in [5.41, 5.74) is -0.446. The second kappa shape index (κ2) is 10.5. The Hall–Kier alpha value is -2.31. The van der Waals surface area contributed by atoms with Crippen LogP contribution in [0.2, 0.25) is 0 Å². The van der Waals surface area contributed by atoms with Crippen molar-refractivity contribution in [2.24, 2.45) is 0 Å². The van der Waals surface area contributed by atoms with Gasteiger partial charge in [0.15, 0.2) is 23.5 Å². The number of hydrogen-bond acceptors (Lipinski definition) is 15. The molecular weight excluding hydrogens is 468 g/mol. The minimum Gasteiger partial charge on any atom is -0.504 e. The topological polar surface area (TPSA) is 256 Å². The number of aliphatic hydroxyl groups excluding tert-OH is 7. The summed E-state index contributed by atoms with van der Waals surface area (Å²) in [6.07, 6.45) is -16.9. The van der Waals surface area contributed by atoms with Crippen molar-refractivity contribution < 1.29 is 74.8 Å². The van der Waals surface area contributed by atoms with Crippen LogP contribution in [-0.2, 0) is 18.9 Å². The lowest BCUT2D eigenvalue weighted by Crippen LogP contribution is -2.61. The predicted molar refractivity (Wildman–Crippen MR) is 103 cm³/mol. The Balaban J connectivity index is 1.67. The van der Waals surface area contributed by atoms with Crippen LogP contribution in [0.4, 0.5) is 0 Å². The quantitative estimate of drug-likeness (QED) is 0.132.